The number of pyridine rings is 1. The van der Waals surface area contributed by atoms with Crippen LogP contribution in [0.3, 0.4) is 0 Å². The summed E-state index contributed by atoms with van der Waals surface area (Å²) in [5, 5.41) is 3.21. The second-order valence-electron chi connectivity index (χ2n) is 4.73. The van der Waals surface area contributed by atoms with E-state index >= 15 is 0 Å². The fourth-order valence-electron chi connectivity index (χ4n) is 2.03. The van der Waals surface area contributed by atoms with Crippen LogP contribution in [0.1, 0.15) is 18.1 Å². The zero-order valence-corrected chi connectivity index (χ0v) is 10.8. The van der Waals surface area contributed by atoms with E-state index in [1.807, 2.05) is 19.4 Å². The molecule has 1 aromatic rings. The highest BCUT2D eigenvalue weighted by Crippen LogP contribution is 2.06. The molecule has 1 aromatic heterocycles. The number of hydrogen-bond donors (Lipinski definition) is 1. The van der Waals surface area contributed by atoms with Gasteiger partial charge >= 0.3 is 0 Å². The maximum Gasteiger partial charge on any atom is 0.0313 e. The molecule has 0 aromatic carbocycles. The van der Waals surface area contributed by atoms with Crippen LogP contribution in [0.25, 0.3) is 0 Å². The summed E-state index contributed by atoms with van der Waals surface area (Å²) in [6.45, 7) is 7.50. The summed E-state index contributed by atoms with van der Waals surface area (Å²) in [6.07, 6.45) is 3.85. The van der Waals surface area contributed by atoms with Crippen molar-refractivity contribution in [3.63, 3.8) is 0 Å². The molecule has 3 nitrogen and oxygen atoms in total. The smallest absolute Gasteiger partial charge is 0.0313 e. The van der Waals surface area contributed by atoms with Gasteiger partial charge in [-0.3, -0.25) is 4.98 Å². The minimum Gasteiger partial charge on any atom is -0.319 e. The second kappa shape index (κ2) is 6.61. The zero-order chi connectivity index (χ0) is 12.0. The highest BCUT2D eigenvalue weighted by Gasteiger charge is 2.06. The number of nitrogens with one attached hydrogen (secondary N) is 1. The molecule has 16 heavy (non-hydrogen) atoms. The van der Waals surface area contributed by atoms with Crippen molar-refractivity contribution in [3.05, 3.63) is 29.6 Å². The molecule has 0 spiro atoms. The third kappa shape index (κ3) is 4.73. The van der Waals surface area contributed by atoms with E-state index in [0.717, 1.165) is 19.6 Å². The SMILES string of the molecule is CNCC(C)CN(C)Cc1cncc(C)c1. The largest absolute Gasteiger partial charge is 0.319 e. The van der Waals surface area contributed by atoms with E-state index in [0.29, 0.717) is 5.92 Å². The molecule has 1 rings (SSSR count). The van der Waals surface area contributed by atoms with E-state index in [-0.39, 0.29) is 0 Å². The molecule has 0 saturated heterocycles. The van der Waals surface area contributed by atoms with Gasteiger partial charge in [0.05, 0.1) is 0 Å². The summed E-state index contributed by atoms with van der Waals surface area (Å²) in [4.78, 5) is 6.56. The van der Waals surface area contributed by atoms with E-state index in [9.17, 15) is 0 Å². The molecule has 0 aliphatic carbocycles. The van der Waals surface area contributed by atoms with Crippen molar-refractivity contribution in [1.82, 2.24) is 15.2 Å². The van der Waals surface area contributed by atoms with E-state index in [1.54, 1.807) is 0 Å². The Kier molecular flexibility index (Phi) is 5.43. The Balaban J connectivity index is 2.42. The Labute approximate surface area is 98.9 Å². The normalized spacial score (nSPS) is 13.1. The third-order valence-electron chi connectivity index (χ3n) is 2.56. The molecular weight excluding hydrogens is 198 g/mol. The maximum absolute atomic E-state index is 4.21. The van der Waals surface area contributed by atoms with Crippen molar-refractivity contribution >= 4 is 0 Å². The lowest BCUT2D eigenvalue weighted by Gasteiger charge is -2.21. The average molecular weight is 221 g/mol. The van der Waals surface area contributed by atoms with Crippen molar-refractivity contribution in [1.29, 1.82) is 0 Å². The molecule has 1 N–H and O–H groups in total. The summed E-state index contributed by atoms with van der Waals surface area (Å²) in [6, 6.07) is 2.20. The highest BCUT2D eigenvalue weighted by molar-refractivity contribution is 5.16. The minimum absolute atomic E-state index is 0.674. The summed E-state index contributed by atoms with van der Waals surface area (Å²) >= 11 is 0. The van der Waals surface area contributed by atoms with Crippen LogP contribution in [0.5, 0.6) is 0 Å². The van der Waals surface area contributed by atoms with Crippen LogP contribution >= 0.6 is 0 Å². The fourth-order valence-corrected chi connectivity index (χ4v) is 2.03. The van der Waals surface area contributed by atoms with Gasteiger partial charge in [-0.2, -0.15) is 0 Å². The van der Waals surface area contributed by atoms with E-state index in [1.165, 1.54) is 11.1 Å². The topological polar surface area (TPSA) is 28.2 Å². The van der Waals surface area contributed by atoms with Crippen molar-refractivity contribution in [2.75, 3.05) is 27.2 Å². The average Bonchev–Trinajstić information content (AvgIpc) is 2.17. The summed E-state index contributed by atoms with van der Waals surface area (Å²) < 4.78 is 0. The van der Waals surface area contributed by atoms with E-state index < -0.39 is 0 Å². The van der Waals surface area contributed by atoms with Gasteiger partial charge in [-0.1, -0.05) is 13.0 Å². The number of hydrogen-bond acceptors (Lipinski definition) is 3. The van der Waals surface area contributed by atoms with Gasteiger partial charge < -0.3 is 10.2 Å². The quantitative estimate of drug-likeness (QED) is 0.792. The van der Waals surface area contributed by atoms with Crippen LogP contribution in [0.15, 0.2) is 18.5 Å². The van der Waals surface area contributed by atoms with Crippen molar-refractivity contribution < 1.29 is 0 Å². The molecule has 1 heterocycles. The molecule has 3 heteroatoms. The van der Waals surface area contributed by atoms with E-state index in [4.69, 9.17) is 0 Å². The van der Waals surface area contributed by atoms with Crippen LogP contribution in [0.2, 0.25) is 0 Å². The molecule has 90 valence electrons. The highest BCUT2D eigenvalue weighted by atomic mass is 15.1. The standard InChI is InChI=1S/C13H23N3/c1-11-5-13(8-15-7-11)10-16(4)9-12(2)6-14-3/h5,7-8,12,14H,6,9-10H2,1-4H3. The molecule has 0 aliphatic heterocycles. The molecular formula is C13H23N3. The Bertz CT molecular complexity index is 312. The first kappa shape index (κ1) is 13.1. The van der Waals surface area contributed by atoms with Crippen molar-refractivity contribution in [2.45, 2.75) is 20.4 Å². The lowest BCUT2D eigenvalue weighted by atomic mass is 10.1. The molecule has 0 aliphatic rings. The second-order valence-corrected chi connectivity index (χ2v) is 4.73. The molecule has 1 unspecified atom stereocenters. The summed E-state index contributed by atoms with van der Waals surface area (Å²) in [5.74, 6) is 0.674. The number of nitrogens with zero attached hydrogens (tertiary/aromatic N) is 2. The van der Waals surface area contributed by atoms with Gasteiger partial charge in [0.2, 0.25) is 0 Å². The van der Waals surface area contributed by atoms with Crippen LogP contribution in [-0.4, -0.2) is 37.1 Å². The minimum atomic E-state index is 0.674. The van der Waals surface area contributed by atoms with Crippen molar-refractivity contribution in [2.24, 2.45) is 5.92 Å². The number of aromatic nitrogens is 1. The van der Waals surface area contributed by atoms with Gasteiger partial charge in [-0.25, -0.2) is 0 Å². The lowest BCUT2D eigenvalue weighted by molar-refractivity contribution is 0.276. The van der Waals surface area contributed by atoms with Gasteiger partial charge in [0.25, 0.3) is 0 Å². The zero-order valence-electron chi connectivity index (χ0n) is 10.8. The number of rotatable bonds is 6. The molecule has 0 amide bonds. The lowest BCUT2D eigenvalue weighted by Crippen LogP contribution is -2.29. The first-order valence-electron chi connectivity index (χ1n) is 5.85. The van der Waals surface area contributed by atoms with Crippen molar-refractivity contribution in [3.8, 4) is 0 Å². The van der Waals surface area contributed by atoms with Gasteiger partial charge in [0.15, 0.2) is 0 Å². The van der Waals surface area contributed by atoms with Crippen LogP contribution in [0, 0.1) is 12.8 Å². The Hall–Kier alpha value is -0.930. The first-order valence-corrected chi connectivity index (χ1v) is 5.85. The van der Waals surface area contributed by atoms with Gasteiger partial charge in [-0.15, -0.1) is 0 Å². The number of aryl methyl sites for hydroxylation is 1. The molecule has 0 bridgehead atoms. The van der Waals surface area contributed by atoms with Crippen LogP contribution < -0.4 is 5.32 Å². The Morgan fingerprint density at radius 3 is 2.81 bits per heavy atom. The van der Waals surface area contributed by atoms with Crippen LogP contribution in [-0.2, 0) is 6.54 Å². The summed E-state index contributed by atoms with van der Waals surface area (Å²) in [5.41, 5.74) is 2.52. The monoisotopic (exact) mass is 221 g/mol. The third-order valence-corrected chi connectivity index (χ3v) is 2.56. The predicted octanol–water partition coefficient (Wildman–Crippen LogP) is 1.68. The predicted molar refractivity (Wildman–Crippen MR) is 68.4 cm³/mol. The maximum atomic E-state index is 4.21. The molecule has 0 fully saturated rings. The fraction of sp³-hybridized carbons (Fsp3) is 0.615. The first-order chi connectivity index (χ1) is 7.61. The Morgan fingerprint density at radius 2 is 2.19 bits per heavy atom. The van der Waals surface area contributed by atoms with E-state index in [2.05, 4.69) is 42.2 Å². The molecule has 1 atom stereocenters. The molecule has 0 saturated carbocycles. The van der Waals surface area contributed by atoms with Gasteiger partial charge in [0.1, 0.15) is 0 Å². The summed E-state index contributed by atoms with van der Waals surface area (Å²) in [7, 11) is 4.16. The Morgan fingerprint density at radius 1 is 1.44 bits per heavy atom. The van der Waals surface area contributed by atoms with Gasteiger partial charge in [0, 0.05) is 25.5 Å². The van der Waals surface area contributed by atoms with Gasteiger partial charge in [-0.05, 0) is 44.6 Å². The van der Waals surface area contributed by atoms with Crippen LogP contribution in [0.4, 0.5) is 0 Å². The molecule has 0 radical (unpaired) electrons.